The van der Waals surface area contributed by atoms with Crippen LogP contribution in [0.3, 0.4) is 0 Å². The van der Waals surface area contributed by atoms with Crippen molar-refractivity contribution < 1.29 is 4.39 Å². The van der Waals surface area contributed by atoms with Crippen molar-refractivity contribution >= 4 is 28.8 Å². The maximum atomic E-state index is 13.0. The first kappa shape index (κ1) is 15.3. The molecule has 0 amide bonds. The Kier molecular flexibility index (Phi) is 5.99. The number of benzene rings is 1. The number of hydrogen-bond acceptors (Lipinski definition) is 2. The quantitative estimate of drug-likeness (QED) is 0.814. The second-order valence-corrected chi connectivity index (χ2v) is 5.45. The third-order valence-electron chi connectivity index (χ3n) is 2.76. The van der Waals surface area contributed by atoms with Crippen LogP contribution in [0.5, 0.6) is 0 Å². The van der Waals surface area contributed by atoms with Crippen LogP contribution in [0.2, 0.25) is 5.02 Å². The molecule has 0 saturated heterocycles. The average molecular weight is 289 g/mol. The molecule has 0 bridgehead atoms. The number of halogens is 2. The summed E-state index contributed by atoms with van der Waals surface area (Å²) in [7, 11) is 0. The van der Waals surface area contributed by atoms with E-state index in [1.807, 2.05) is 0 Å². The first-order chi connectivity index (χ1) is 8.40. The molecular formula is C13H18ClFN2S. The van der Waals surface area contributed by atoms with Crippen LogP contribution in [0.25, 0.3) is 0 Å². The van der Waals surface area contributed by atoms with E-state index in [0.717, 1.165) is 12.1 Å². The lowest BCUT2D eigenvalue weighted by Crippen LogP contribution is -2.33. The van der Waals surface area contributed by atoms with E-state index >= 15 is 0 Å². The van der Waals surface area contributed by atoms with Crippen LogP contribution in [-0.4, -0.2) is 22.5 Å². The summed E-state index contributed by atoms with van der Waals surface area (Å²) in [6, 6.07) is 4.82. The minimum absolute atomic E-state index is 0.317. The van der Waals surface area contributed by atoms with Crippen LogP contribution in [-0.2, 0) is 6.54 Å². The van der Waals surface area contributed by atoms with Gasteiger partial charge >= 0.3 is 0 Å². The number of thiocarbonyl (C=S) groups is 1. The van der Waals surface area contributed by atoms with Crippen LogP contribution in [0.1, 0.15) is 25.8 Å². The van der Waals surface area contributed by atoms with Gasteiger partial charge in [0.25, 0.3) is 0 Å². The summed E-state index contributed by atoms with van der Waals surface area (Å²) in [5.41, 5.74) is 6.42. The monoisotopic (exact) mass is 288 g/mol. The Bertz CT molecular complexity index is 423. The van der Waals surface area contributed by atoms with Crippen LogP contribution in [0.15, 0.2) is 18.2 Å². The molecule has 0 aliphatic carbocycles. The Labute approximate surface area is 118 Å². The maximum Gasteiger partial charge on any atom is 0.124 e. The van der Waals surface area contributed by atoms with Gasteiger partial charge in [-0.15, -0.1) is 0 Å². The van der Waals surface area contributed by atoms with Crippen molar-refractivity contribution in [3.05, 3.63) is 34.6 Å². The van der Waals surface area contributed by atoms with Gasteiger partial charge in [-0.2, -0.15) is 0 Å². The lowest BCUT2D eigenvalue weighted by atomic mass is 10.1. The molecule has 2 N–H and O–H groups in total. The van der Waals surface area contributed by atoms with Gasteiger partial charge < -0.3 is 5.73 Å². The van der Waals surface area contributed by atoms with Crippen LogP contribution >= 0.6 is 23.8 Å². The molecule has 1 aromatic carbocycles. The van der Waals surface area contributed by atoms with Gasteiger partial charge in [-0.1, -0.05) is 29.9 Å². The highest BCUT2D eigenvalue weighted by Gasteiger charge is 2.12. The minimum Gasteiger partial charge on any atom is -0.393 e. The van der Waals surface area contributed by atoms with Crippen LogP contribution in [0, 0.1) is 5.82 Å². The van der Waals surface area contributed by atoms with Gasteiger partial charge in [-0.05, 0) is 31.5 Å². The predicted octanol–water partition coefficient (Wildman–Crippen LogP) is 3.37. The molecule has 5 heteroatoms. The van der Waals surface area contributed by atoms with E-state index in [2.05, 4.69) is 18.7 Å². The lowest BCUT2D eigenvalue weighted by Gasteiger charge is -2.26. The maximum absolute atomic E-state index is 13.0. The summed E-state index contributed by atoms with van der Waals surface area (Å²) in [6.45, 7) is 5.63. The van der Waals surface area contributed by atoms with E-state index in [1.165, 1.54) is 12.1 Å². The smallest absolute Gasteiger partial charge is 0.124 e. The Morgan fingerprint density at radius 3 is 2.67 bits per heavy atom. The van der Waals surface area contributed by atoms with Crippen molar-refractivity contribution in [2.24, 2.45) is 5.73 Å². The van der Waals surface area contributed by atoms with Crippen molar-refractivity contribution in [3.8, 4) is 0 Å². The second kappa shape index (κ2) is 7.02. The fraction of sp³-hybridized carbons (Fsp3) is 0.462. The van der Waals surface area contributed by atoms with E-state index in [9.17, 15) is 4.39 Å². The van der Waals surface area contributed by atoms with Crippen molar-refractivity contribution in [3.63, 3.8) is 0 Å². The Balaban J connectivity index is 2.73. The standard InChI is InChI=1S/C13H18ClFN2S/c1-9(2)17(6-5-13(16)18)8-10-3-4-11(15)7-12(10)14/h3-4,7,9H,5-6,8H2,1-2H3,(H2,16,18). The van der Waals surface area contributed by atoms with Gasteiger partial charge in [0, 0.05) is 30.6 Å². The SMILES string of the molecule is CC(C)N(CCC(N)=S)Cc1ccc(F)cc1Cl. The fourth-order valence-corrected chi connectivity index (χ4v) is 1.96. The van der Waals surface area contributed by atoms with Crippen molar-refractivity contribution in [2.45, 2.75) is 32.9 Å². The van der Waals surface area contributed by atoms with E-state index in [-0.39, 0.29) is 5.82 Å². The summed E-state index contributed by atoms with van der Waals surface area (Å²) in [6.07, 6.45) is 0.673. The zero-order chi connectivity index (χ0) is 13.7. The zero-order valence-electron chi connectivity index (χ0n) is 10.6. The Morgan fingerprint density at radius 1 is 1.50 bits per heavy atom. The molecule has 0 aliphatic heterocycles. The largest absolute Gasteiger partial charge is 0.393 e. The van der Waals surface area contributed by atoms with Gasteiger partial charge in [0.1, 0.15) is 5.82 Å². The van der Waals surface area contributed by atoms with Crippen molar-refractivity contribution in [1.29, 1.82) is 0 Å². The molecule has 0 heterocycles. The van der Waals surface area contributed by atoms with Crippen LogP contribution < -0.4 is 5.73 Å². The van der Waals surface area contributed by atoms with Gasteiger partial charge in [0.15, 0.2) is 0 Å². The summed E-state index contributed by atoms with van der Waals surface area (Å²) in [5, 5.41) is 0.455. The van der Waals surface area contributed by atoms with E-state index in [0.29, 0.717) is 29.0 Å². The molecule has 0 atom stereocenters. The normalized spacial score (nSPS) is 11.2. The van der Waals surface area contributed by atoms with Crippen molar-refractivity contribution in [1.82, 2.24) is 4.90 Å². The summed E-state index contributed by atoms with van der Waals surface area (Å²) in [4.78, 5) is 2.71. The zero-order valence-corrected chi connectivity index (χ0v) is 12.2. The molecule has 18 heavy (non-hydrogen) atoms. The number of rotatable bonds is 6. The second-order valence-electron chi connectivity index (χ2n) is 4.52. The molecule has 0 aromatic heterocycles. The highest BCUT2D eigenvalue weighted by Crippen LogP contribution is 2.20. The third kappa shape index (κ3) is 4.88. The van der Waals surface area contributed by atoms with E-state index in [1.54, 1.807) is 6.07 Å². The summed E-state index contributed by atoms with van der Waals surface area (Å²) < 4.78 is 13.0. The number of nitrogens with zero attached hydrogens (tertiary/aromatic N) is 1. The van der Waals surface area contributed by atoms with Gasteiger partial charge in [0.2, 0.25) is 0 Å². The first-order valence-electron chi connectivity index (χ1n) is 5.86. The molecule has 1 aromatic rings. The average Bonchev–Trinajstić information content (AvgIpc) is 2.26. The lowest BCUT2D eigenvalue weighted by molar-refractivity contribution is 0.219. The van der Waals surface area contributed by atoms with Gasteiger partial charge in [-0.25, -0.2) is 4.39 Å². The topological polar surface area (TPSA) is 29.3 Å². The molecular weight excluding hydrogens is 271 g/mol. The Morgan fingerprint density at radius 2 is 2.17 bits per heavy atom. The first-order valence-corrected chi connectivity index (χ1v) is 6.65. The van der Waals surface area contributed by atoms with E-state index in [4.69, 9.17) is 29.6 Å². The van der Waals surface area contributed by atoms with E-state index < -0.39 is 0 Å². The van der Waals surface area contributed by atoms with Gasteiger partial charge in [0.05, 0.1) is 4.99 Å². The summed E-state index contributed by atoms with van der Waals surface area (Å²) >= 11 is 10.9. The fourth-order valence-electron chi connectivity index (χ4n) is 1.64. The Hall–Kier alpha value is -0.710. The highest BCUT2D eigenvalue weighted by atomic mass is 35.5. The third-order valence-corrected chi connectivity index (χ3v) is 3.32. The highest BCUT2D eigenvalue weighted by molar-refractivity contribution is 7.80. The molecule has 0 saturated carbocycles. The molecule has 0 aliphatic rings. The van der Waals surface area contributed by atoms with Crippen LogP contribution in [0.4, 0.5) is 4.39 Å². The molecule has 0 unspecified atom stereocenters. The molecule has 0 fully saturated rings. The predicted molar refractivity (Wildman–Crippen MR) is 78.4 cm³/mol. The molecule has 100 valence electrons. The molecule has 1 rings (SSSR count). The number of nitrogens with two attached hydrogens (primary N) is 1. The minimum atomic E-state index is -0.317. The molecule has 2 nitrogen and oxygen atoms in total. The molecule has 0 radical (unpaired) electrons. The summed E-state index contributed by atoms with van der Waals surface area (Å²) in [5.74, 6) is -0.317. The van der Waals surface area contributed by atoms with Gasteiger partial charge in [-0.3, -0.25) is 4.90 Å². The molecule has 0 spiro atoms. The van der Waals surface area contributed by atoms with Crippen molar-refractivity contribution in [2.75, 3.05) is 6.54 Å². The number of hydrogen-bond donors (Lipinski definition) is 1.